The molecule has 0 aliphatic heterocycles. The number of nitrogens with one attached hydrogen (secondary N) is 1. The first kappa shape index (κ1) is 13.3. The first-order valence-corrected chi connectivity index (χ1v) is 6.82. The summed E-state index contributed by atoms with van der Waals surface area (Å²) in [4.78, 5) is 12.2. The van der Waals surface area contributed by atoms with Gasteiger partial charge < -0.3 is 5.32 Å². The molecule has 0 radical (unpaired) electrons. The van der Waals surface area contributed by atoms with Crippen molar-refractivity contribution in [1.29, 1.82) is 0 Å². The number of hydrogen-bond donors (Lipinski definition) is 1. The van der Waals surface area contributed by atoms with E-state index in [0.29, 0.717) is 11.4 Å². The molecule has 0 aliphatic rings. The van der Waals surface area contributed by atoms with E-state index in [9.17, 15) is 4.79 Å². The number of pyridine rings is 1. The van der Waals surface area contributed by atoms with Gasteiger partial charge in [0.15, 0.2) is 11.5 Å². The number of amides is 1. The fraction of sp³-hybridized carbons (Fsp3) is 0.188. The van der Waals surface area contributed by atoms with Crippen molar-refractivity contribution in [3.05, 3.63) is 65.6 Å². The summed E-state index contributed by atoms with van der Waals surface area (Å²) in [6.07, 6.45) is 1.89. The normalized spacial score (nSPS) is 12.3. The van der Waals surface area contributed by atoms with E-state index < -0.39 is 0 Å². The fourth-order valence-corrected chi connectivity index (χ4v) is 2.20. The molecule has 0 saturated heterocycles. The van der Waals surface area contributed by atoms with Gasteiger partial charge in [0.25, 0.3) is 5.91 Å². The monoisotopic (exact) mass is 280 g/mol. The molecule has 0 bridgehead atoms. The largest absolute Gasteiger partial charge is 0.342 e. The van der Waals surface area contributed by atoms with Crippen LogP contribution in [-0.2, 0) is 0 Å². The Morgan fingerprint density at radius 1 is 1.14 bits per heavy atom. The van der Waals surface area contributed by atoms with Crippen LogP contribution in [0, 0.1) is 6.92 Å². The van der Waals surface area contributed by atoms with Gasteiger partial charge in [-0.3, -0.25) is 9.20 Å². The van der Waals surface area contributed by atoms with Crippen LogP contribution in [-0.4, -0.2) is 20.5 Å². The Hall–Kier alpha value is -2.69. The van der Waals surface area contributed by atoms with E-state index in [4.69, 9.17) is 0 Å². The highest BCUT2D eigenvalue weighted by Gasteiger charge is 2.16. The molecular weight excluding hydrogens is 264 g/mol. The summed E-state index contributed by atoms with van der Waals surface area (Å²) in [6, 6.07) is 13.0. The van der Waals surface area contributed by atoms with Gasteiger partial charge in [-0.1, -0.05) is 23.8 Å². The van der Waals surface area contributed by atoms with Gasteiger partial charge in [-0.2, -0.15) is 0 Å². The molecule has 106 valence electrons. The summed E-state index contributed by atoms with van der Waals surface area (Å²) in [7, 11) is 0. The molecule has 1 N–H and O–H groups in total. The van der Waals surface area contributed by atoms with E-state index >= 15 is 0 Å². The number of benzene rings is 1. The van der Waals surface area contributed by atoms with Crippen LogP contribution in [0.15, 0.2) is 48.7 Å². The lowest BCUT2D eigenvalue weighted by molar-refractivity contribution is 0.0938. The van der Waals surface area contributed by atoms with E-state index in [2.05, 4.69) is 15.5 Å². The molecule has 0 aliphatic carbocycles. The minimum atomic E-state index is -0.226. The van der Waals surface area contributed by atoms with E-state index in [1.54, 1.807) is 0 Å². The molecule has 0 unspecified atom stereocenters. The zero-order valence-corrected chi connectivity index (χ0v) is 11.9. The SMILES string of the molecule is Cc1ccc(C(=O)N[C@H](C)c2nnc3ccccn23)cc1. The van der Waals surface area contributed by atoms with Crippen molar-refractivity contribution in [3.63, 3.8) is 0 Å². The Kier molecular flexibility index (Phi) is 3.39. The minimum absolute atomic E-state index is 0.116. The molecule has 1 aromatic carbocycles. The van der Waals surface area contributed by atoms with Crippen LogP contribution >= 0.6 is 0 Å². The maximum Gasteiger partial charge on any atom is 0.251 e. The molecule has 3 rings (SSSR count). The molecular formula is C16H16N4O. The van der Waals surface area contributed by atoms with Crippen molar-refractivity contribution >= 4 is 11.6 Å². The molecule has 0 saturated carbocycles. The van der Waals surface area contributed by atoms with Gasteiger partial charge in [0.05, 0.1) is 6.04 Å². The van der Waals surface area contributed by atoms with Crippen molar-refractivity contribution < 1.29 is 4.79 Å². The van der Waals surface area contributed by atoms with Gasteiger partial charge in [-0.25, -0.2) is 0 Å². The Morgan fingerprint density at radius 2 is 1.90 bits per heavy atom. The Balaban J connectivity index is 1.81. The molecule has 5 nitrogen and oxygen atoms in total. The molecule has 5 heteroatoms. The number of aryl methyl sites for hydroxylation is 1. The van der Waals surface area contributed by atoms with Crippen molar-refractivity contribution in [2.45, 2.75) is 19.9 Å². The molecule has 1 amide bonds. The number of fused-ring (bicyclic) bond motifs is 1. The highest BCUT2D eigenvalue weighted by molar-refractivity contribution is 5.94. The second-order valence-corrected chi connectivity index (χ2v) is 5.05. The van der Waals surface area contributed by atoms with Gasteiger partial charge in [0, 0.05) is 11.8 Å². The lowest BCUT2D eigenvalue weighted by atomic mass is 10.1. The lowest BCUT2D eigenvalue weighted by Gasteiger charge is -2.12. The molecule has 0 spiro atoms. The van der Waals surface area contributed by atoms with Crippen LogP contribution < -0.4 is 5.32 Å². The maximum absolute atomic E-state index is 12.2. The van der Waals surface area contributed by atoms with Crippen LogP contribution in [0.2, 0.25) is 0 Å². The number of hydrogen-bond acceptors (Lipinski definition) is 3. The van der Waals surface area contributed by atoms with Crippen molar-refractivity contribution in [2.75, 3.05) is 0 Å². The van der Waals surface area contributed by atoms with E-state index in [-0.39, 0.29) is 11.9 Å². The first-order valence-electron chi connectivity index (χ1n) is 6.82. The highest BCUT2D eigenvalue weighted by Crippen LogP contribution is 2.13. The average molecular weight is 280 g/mol. The van der Waals surface area contributed by atoms with Gasteiger partial charge in [0.1, 0.15) is 0 Å². The van der Waals surface area contributed by atoms with Gasteiger partial charge in [-0.05, 0) is 38.1 Å². The maximum atomic E-state index is 12.2. The van der Waals surface area contributed by atoms with Gasteiger partial charge in [-0.15, -0.1) is 10.2 Å². The zero-order chi connectivity index (χ0) is 14.8. The third kappa shape index (κ3) is 2.63. The van der Waals surface area contributed by atoms with E-state index in [1.807, 2.05) is 66.9 Å². The van der Waals surface area contributed by atoms with Gasteiger partial charge >= 0.3 is 0 Å². The topological polar surface area (TPSA) is 59.3 Å². The fourth-order valence-electron chi connectivity index (χ4n) is 2.20. The average Bonchev–Trinajstić information content (AvgIpc) is 2.92. The van der Waals surface area contributed by atoms with Crippen LogP contribution in [0.3, 0.4) is 0 Å². The molecule has 1 atom stereocenters. The molecule has 21 heavy (non-hydrogen) atoms. The summed E-state index contributed by atoms with van der Waals surface area (Å²) in [5.41, 5.74) is 2.54. The second kappa shape index (κ2) is 5.36. The third-order valence-electron chi connectivity index (χ3n) is 3.39. The summed E-state index contributed by atoms with van der Waals surface area (Å²) < 4.78 is 1.88. The third-order valence-corrected chi connectivity index (χ3v) is 3.39. The van der Waals surface area contributed by atoms with Crippen LogP contribution in [0.1, 0.15) is 34.7 Å². The number of rotatable bonds is 3. The summed E-state index contributed by atoms with van der Waals surface area (Å²) in [5.74, 6) is 0.598. The molecule has 2 aromatic heterocycles. The smallest absolute Gasteiger partial charge is 0.251 e. The van der Waals surface area contributed by atoms with Crippen molar-refractivity contribution in [3.8, 4) is 0 Å². The van der Waals surface area contributed by atoms with Crippen LogP contribution in [0.5, 0.6) is 0 Å². The predicted octanol–water partition coefficient (Wildman–Crippen LogP) is 2.53. The summed E-state index contributed by atoms with van der Waals surface area (Å²) in [5, 5.41) is 11.2. The van der Waals surface area contributed by atoms with Crippen LogP contribution in [0.25, 0.3) is 5.65 Å². The molecule has 3 aromatic rings. The highest BCUT2D eigenvalue weighted by atomic mass is 16.1. The quantitative estimate of drug-likeness (QED) is 0.802. The number of nitrogens with zero attached hydrogens (tertiary/aromatic N) is 3. The first-order chi connectivity index (χ1) is 10.1. The standard InChI is InChI=1S/C16H16N4O/c1-11-6-8-13(9-7-11)16(21)17-12(2)15-19-18-14-5-3-4-10-20(14)15/h3-10,12H,1-2H3,(H,17,21)/t12-/m1/s1. The Bertz CT molecular complexity index is 776. The number of carbonyl (C=O) groups is 1. The minimum Gasteiger partial charge on any atom is -0.342 e. The zero-order valence-electron chi connectivity index (χ0n) is 11.9. The van der Waals surface area contributed by atoms with Gasteiger partial charge in [0.2, 0.25) is 0 Å². The van der Waals surface area contributed by atoms with E-state index in [1.165, 1.54) is 0 Å². The summed E-state index contributed by atoms with van der Waals surface area (Å²) in [6.45, 7) is 3.89. The van der Waals surface area contributed by atoms with E-state index in [0.717, 1.165) is 11.2 Å². The molecule has 2 heterocycles. The van der Waals surface area contributed by atoms with Crippen LogP contribution in [0.4, 0.5) is 0 Å². The van der Waals surface area contributed by atoms with Crippen molar-refractivity contribution in [1.82, 2.24) is 19.9 Å². The molecule has 0 fully saturated rings. The second-order valence-electron chi connectivity index (χ2n) is 5.05. The lowest BCUT2D eigenvalue weighted by Crippen LogP contribution is -2.27. The Morgan fingerprint density at radius 3 is 2.67 bits per heavy atom. The predicted molar refractivity (Wildman–Crippen MR) is 80.0 cm³/mol. The Labute approximate surface area is 122 Å². The van der Waals surface area contributed by atoms with Crippen molar-refractivity contribution in [2.24, 2.45) is 0 Å². The summed E-state index contributed by atoms with van der Waals surface area (Å²) >= 11 is 0. The number of carbonyl (C=O) groups excluding carboxylic acids is 1. The number of aromatic nitrogens is 3.